The molecule has 3 nitrogen and oxygen atoms in total. The normalized spacial score (nSPS) is 27.9. The molecule has 10 heavy (non-hydrogen) atoms. The monoisotopic (exact) mass is 142 g/mol. The minimum absolute atomic E-state index is 0.723. The van der Waals surface area contributed by atoms with Gasteiger partial charge in [-0.2, -0.15) is 0 Å². The summed E-state index contributed by atoms with van der Waals surface area (Å²) in [5, 5.41) is 1.97. The number of carbonyl (C=O) groups is 1. The van der Waals surface area contributed by atoms with Crippen LogP contribution in [0.1, 0.15) is 19.8 Å². The van der Waals surface area contributed by atoms with Crippen molar-refractivity contribution in [1.82, 2.24) is 10.4 Å². The standard InChI is InChI=1S/C7H14N2O/c1-7-3-2-4-9(5-7)8-6-10/h6-7H,2-5H2,1H3,(H,8,10). The quantitative estimate of drug-likeness (QED) is 0.565. The molecule has 1 unspecified atom stereocenters. The predicted molar refractivity (Wildman–Crippen MR) is 39.2 cm³/mol. The van der Waals surface area contributed by atoms with E-state index in [-0.39, 0.29) is 0 Å². The van der Waals surface area contributed by atoms with Gasteiger partial charge in [0.25, 0.3) is 0 Å². The van der Waals surface area contributed by atoms with Gasteiger partial charge in [-0.05, 0) is 18.8 Å². The molecule has 3 heteroatoms. The van der Waals surface area contributed by atoms with Crippen LogP contribution in [-0.4, -0.2) is 24.5 Å². The van der Waals surface area contributed by atoms with E-state index in [0.717, 1.165) is 25.4 Å². The molecule has 0 aromatic rings. The fraction of sp³-hybridized carbons (Fsp3) is 0.857. The molecular formula is C7H14N2O. The second kappa shape index (κ2) is 3.56. The molecule has 0 saturated carbocycles. The number of carbonyl (C=O) groups excluding carboxylic acids is 1. The van der Waals surface area contributed by atoms with Gasteiger partial charge in [0.1, 0.15) is 0 Å². The van der Waals surface area contributed by atoms with Crippen LogP contribution >= 0.6 is 0 Å². The van der Waals surface area contributed by atoms with E-state index in [9.17, 15) is 4.79 Å². The zero-order valence-corrected chi connectivity index (χ0v) is 6.34. The molecule has 0 aromatic carbocycles. The average molecular weight is 142 g/mol. The molecule has 1 amide bonds. The Kier molecular flexibility index (Phi) is 2.68. The van der Waals surface area contributed by atoms with E-state index in [1.54, 1.807) is 0 Å². The van der Waals surface area contributed by atoms with Crippen molar-refractivity contribution in [2.45, 2.75) is 19.8 Å². The molecule has 1 saturated heterocycles. The second-order valence-electron chi connectivity index (χ2n) is 2.94. The predicted octanol–water partition coefficient (Wildman–Crippen LogP) is 0.379. The molecule has 1 heterocycles. The van der Waals surface area contributed by atoms with Gasteiger partial charge < -0.3 is 0 Å². The van der Waals surface area contributed by atoms with E-state index >= 15 is 0 Å². The van der Waals surface area contributed by atoms with Gasteiger partial charge >= 0.3 is 0 Å². The summed E-state index contributed by atoms with van der Waals surface area (Å²) < 4.78 is 0. The molecule has 0 aliphatic carbocycles. The van der Waals surface area contributed by atoms with E-state index < -0.39 is 0 Å². The van der Waals surface area contributed by atoms with Crippen LogP contribution in [0, 0.1) is 5.92 Å². The maximum Gasteiger partial charge on any atom is 0.221 e. The Bertz CT molecular complexity index is 116. The van der Waals surface area contributed by atoms with E-state index in [1.807, 2.05) is 5.01 Å². The van der Waals surface area contributed by atoms with Crippen LogP contribution in [0.25, 0.3) is 0 Å². The molecule has 1 aliphatic heterocycles. The zero-order chi connectivity index (χ0) is 7.40. The first-order valence-corrected chi connectivity index (χ1v) is 3.77. The third-order valence-electron chi connectivity index (χ3n) is 1.89. The number of nitrogens with one attached hydrogen (secondary N) is 1. The first kappa shape index (κ1) is 7.54. The van der Waals surface area contributed by atoms with E-state index in [1.165, 1.54) is 12.8 Å². The first-order chi connectivity index (χ1) is 4.83. The fourth-order valence-corrected chi connectivity index (χ4v) is 1.38. The zero-order valence-electron chi connectivity index (χ0n) is 6.34. The highest BCUT2D eigenvalue weighted by molar-refractivity contribution is 5.44. The van der Waals surface area contributed by atoms with Crippen LogP contribution in [0.2, 0.25) is 0 Å². The highest BCUT2D eigenvalue weighted by Gasteiger charge is 2.14. The molecule has 0 bridgehead atoms. The molecular weight excluding hydrogens is 128 g/mol. The van der Waals surface area contributed by atoms with Crippen molar-refractivity contribution in [3.8, 4) is 0 Å². The topological polar surface area (TPSA) is 32.3 Å². The summed E-state index contributed by atoms with van der Waals surface area (Å²) in [7, 11) is 0. The van der Waals surface area contributed by atoms with Gasteiger partial charge in [-0.25, -0.2) is 5.01 Å². The number of hydrazine groups is 1. The van der Waals surface area contributed by atoms with E-state index in [4.69, 9.17) is 0 Å². The Morgan fingerprint density at radius 2 is 2.50 bits per heavy atom. The van der Waals surface area contributed by atoms with Gasteiger partial charge in [-0.1, -0.05) is 6.92 Å². The van der Waals surface area contributed by atoms with E-state index in [0.29, 0.717) is 0 Å². The summed E-state index contributed by atoms with van der Waals surface area (Å²) in [5.41, 5.74) is 2.67. The number of piperidine rings is 1. The summed E-state index contributed by atoms with van der Waals surface area (Å²) >= 11 is 0. The summed E-state index contributed by atoms with van der Waals surface area (Å²) in [5.74, 6) is 0.723. The van der Waals surface area contributed by atoms with Gasteiger partial charge in [0.05, 0.1) is 0 Å². The van der Waals surface area contributed by atoms with Crippen molar-refractivity contribution in [1.29, 1.82) is 0 Å². The number of hydrogen-bond acceptors (Lipinski definition) is 2. The minimum Gasteiger partial charge on any atom is -0.292 e. The smallest absolute Gasteiger partial charge is 0.221 e. The van der Waals surface area contributed by atoms with Gasteiger partial charge in [-0.3, -0.25) is 10.2 Å². The van der Waals surface area contributed by atoms with Crippen LogP contribution in [0.15, 0.2) is 0 Å². The van der Waals surface area contributed by atoms with Crippen LogP contribution in [-0.2, 0) is 4.79 Å². The number of rotatable bonds is 2. The number of hydrogen-bond donors (Lipinski definition) is 1. The number of nitrogens with zero attached hydrogens (tertiary/aromatic N) is 1. The molecule has 1 aliphatic rings. The molecule has 1 fully saturated rings. The first-order valence-electron chi connectivity index (χ1n) is 3.77. The third kappa shape index (κ3) is 1.99. The van der Waals surface area contributed by atoms with Crippen molar-refractivity contribution in [2.24, 2.45) is 5.92 Å². The van der Waals surface area contributed by atoms with Gasteiger partial charge in [0.2, 0.25) is 6.41 Å². The number of amides is 1. The van der Waals surface area contributed by atoms with E-state index in [2.05, 4.69) is 12.3 Å². The van der Waals surface area contributed by atoms with Gasteiger partial charge in [0, 0.05) is 13.1 Å². The van der Waals surface area contributed by atoms with Gasteiger partial charge in [0.15, 0.2) is 0 Å². The Morgan fingerprint density at radius 3 is 3.10 bits per heavy atom. The maximum absolute atomic E-state index is 10.0. The Morgan fingerprint density at radius 1 is 1.70 bits per heavy atom. The molecule has 1 atom stereocenters. The SMILES string of the molecule is CC1CCCN(NC=O)C1. The second-order valence-corrected chi connectivity index (χ2v) is 2.94. The van der Waals surface area contributed by atoms with Crippen LogP contribution in [0.3, 0.4) is 0 Å². The molecule has 1 rings (SSSR count). The third-order valence-corrected chi connectivity index (χ3v) is 1.89. The average Bonchev–Trinajstić information content (AvgIpc) is 1.88. The van der Waals surface area contributed by atoms with Crippen molar-refractivity contribution in [3.05, 3.63) is 0 Å². The lowest BCUT2D eigenvalue weighted by atomic mass is 10.0. The minimum atomic E-state index is 0.723. The fourth-order valence-electron chi connectivity index (χ4n) is 1.38. The summed E-state index contributed by atoms with van der Waals surface area (Å²) in [4.78, 5) is 10.0. The van der Waals surface area contributed by atoms with Crippen molar-refractivity contribution in [3.63, 3.8) is 0 Å². The highest BCUT2D eigenvalue weighted by atomic mass is 16.1. The lowest BCUT2D eigenvalue weighted by molar-refractivity contribution is -0.114. The lowest BCUT2D eigenvalue weighted by Crippen LogP contribution is -2.43. The van der Waals surface area contributed by atoms with Gasteiger partial charge in [-0.15, -0.1) is 0 Å². The maximum atomic E-state index is 10.0. The molecule has 0 radical (unpaired) electrons. The Hall–Kier alpha value is -0.570. The molecule has 58 valence electrons. The van der Waals surface area contributed by atoms with Crippen molar-refractivity contribution >= 4 is 6.41 Å². The van der Waals surface area contributed by atoms with Crippen LogP contribution < -0.4 is 5.43 Å². The highest BCUT2D eigenvalue weighted by Crippen LogP contribution is 2.12. The van der Waals surface area contributed by atoms with Crippen molar-refractivity contribution in [2.75, 3.05) is 13.1 Å². The molecule has 0 aromatic heterocycles. The molecule has 0 spiro atoms. The largest absolute Gasteiger partial charge is 0.292 e. The van der Waals surface area contributed by atoms with Crippen molar-refractivity contribution < 1.29 is 4.79 Å². The Labute approximate surface area is 61.4 Å². The lowest BCUT2D eigenvalue weighted by Gasteiger charge is -2.29. The Balaban J connectivity index is 2.24. The van der Waals surface area contributed by atoms with Crippen LogP contribution in [0.4, 0.5) is 0 Å². The summed E-state index contributed by atoms with van der Waals surface area (Å²) in [6.07, 6.45) is 3.23. The molecule has 1 N–H and O–H groups in total. The summed E-state index contributed by atoms with van der Waals surface area (Å²) in [6.45, 7) is 4.21. The van der Waals surface area contributed by atoms with Crippen LogP contribution in [0.5, 0.6) is 0 Å². The summed E-state index contributed by atoms with van der Waals surface area (Å²) in [6, 6.07) is 0.